The highest BCUT2D eigenvalue weighted by atomic mass is 35.5. The Morgan fingerprint density at radius 3 is 2.33 bits per heavy atom. The molecule has 1 aromatic rings. The van der Waals surface area contributed by atoms with E-state index in [0.717, 1.165) is 24.8 Å². The Morgan fingerprint density at radius 1 is 1.22 bits per heavy atom. The van der Waals surface area contributed by atoms with Gasteiger partial charge in [0.15, 0.2) is 6.61 Å². The third kappa shape index (κ3) is 5.01. The molecular weight excluding hydrogens is 364 g/mol. The van der Waals surface area contributed by atoms with E-state index in [1.165, 1.54) is 4.90 Å². The first-order valence-electron chi connectivity index (χ1n) is 9.41. The SMILES string of the molecule is CC(C)[C@H](C(=O)OCC(=O)N(C)C1(C#N)CCCCC1)c1ccc(Cl)cc1. The molecule has 27 heavy (non-hydrogen) atoms. The normalized spacial score (nSPS) is 17.0. The topological polar surface area (TPSA) is 70.4 Å². The molecule has 2 rings (SSSR count). The Hall–Kier alpha value is -2.06. The summed E-state index contributed by atoms with van der Waals surface area (Å²) in [7, 11) is 1.63. The van der Waals surface area contributed by atoms with Crippen molar-refractivity contribution in [2.75, 3.05) is 13.7 Å². The van der Waals surface area contributed by atoms with Crippen molar-refractivity contribution in [3.63, 3.8) is 0 Å². The largest absolute Gasteiger partial charge is 0.455 e. The average Bonchev–Trinajstić information content (AvgIpc) is 2.67. The second kappa shape index (κ2) is 9.23. The molecule has 5 nitrogen and oxygen atoms in total. The van der Waals surface area contributed by atoms with Gasteiger partial charge in [0.2, 0.25) is 0 Å². The lowest BCUT2D eigenvalue weighted by Crippen LogP contribution is -2.51. The van der Waals surface area contributed by atoms with Crippen LogP contribution in [0.15, 0.2) is 24.3 Å². The monoisotopic (exact) mass is 390 g/mol. The number of ether oxygens (including phenoxy) is 1. The molecule has 146 valence electrons. The van der Waals surface area contributed by atoms with Gasteiger partial charge in [-0.15, -0.1) is 0 Å². The molecule has 0 spiro atoms. The van der Waals surface area contributed by atoms with E-state index in [0.29, 0.717) is 17.9 Å². The van der Waals surface area contributed by atoms with Crippen LogP contribution in [0.4, 0.5) is 0 Å². The van der Waals surface area contributed by atoms with Crippen LogP contribution in [0, 0.1) is 17.2 Å². The highest BCUT2D eigenvalue weighted by Gasteiger charge is 2.39. The number of amides is 1. The third-order valence-electron chi connectivity index (χ3n) is 5.39. The van der Waals surface area contributed by atoms with Crippen LogP contribution < -0.4 is 0 Å². The maximum atomic E-state index is 12.6. The highest BCUT2D eigenvalue weighted by molar-refractivity contribution is 6.30. The van der Waals surface area contributed by atoms with Crippen molar-refractivity contribution in [3.8, 4) is 6.07 Å². The lowest BCUT2D eigenvalue weighted by atomic mass is 9.81. The first kappa shape index (κ1) is 21.2. The second-order valence-corrected chi connectivity index (χ2v) is 7.97. The summed E-state index contributed by atoms with van der Waals surface area (Å²) in [5.74, 6) is -1.25. The molecule has 1 aliphatic rings. The quantitative estimate of drug-likeness (QED) is 0.678. The number of rotatable bonds is 6. The lowest BCUT2D eigenvalue weighted by molar-refractivity contribution is -0.155. The summed E-state index contributed by atoms with van der Waals surface area (Å²) in [4.78, 5) is 26.7. The molecular formula is C21H27ClN2O3. The van der Waals surface area contributed by atoms with E-state index in [1.54, 1.807) is 31.3 Å². The minimum Gasteiger partial charge on any atom is -0.455 e. The molecule has 1 saturated carbocycles. The minimum absolute atomic E-state index is 0.00954. The molecule has 0 heterocycles. The molecule has 1 aliphatic carbocycles. The van der Waals surface area contributed by atoms with Crippen molar-refractivity contribution >= 4 is 23.5 Å². The molecule has 0 radical (unpaired) electrons. The summed E-state index contributed by atoms with van der Waals surface area (Å²) >= 11 is 5.92. The zero-order valence-corrected chi connectivity index (χ0v) is 17.0. The van der Waals surface area contributed by atoms with Gasteiger partial charge >= 0.3 is 5.97 Å². The molecule has 1 aromatic carbocycles. The molecule has 0 saturated heterocycles. The minimum atomic E-state index is -0.782. The lowest BCUT2D eigenvalue weighted by Gasteiger charge is -2.38. The average molecular weight is 391 g/mol. The van der Waals surface area contributed by atoms with Gasteiger partial charge < -0.3 is 9.64 Å². The molecule has 1 amide bonds. The third-order valence-corrected chi connectivity index (χ3v) is 5.64. The van der Waals surface area contributed by atoms with Crippen LogP contribution in [0.1, 0.15) is 57.4 Å². The number of esters is 1. The van der Waals surface area contributed by atoms with E-state index in [2.05, 4.69) is 6.07 Å². The van der Waals surface area contributed by atoms with Crippen molar-refractivity contribution in [2.24, 2.45) is 5.92 Å². The van der Waals surface area contributed by atoms with Gasteiger partial charge in [-0.05, 0) is 36.5 Å². The first-order chi connectivity index (χ1) is 12.8. The number of likely N-dealkylation sites (N-methyl/N-ethyl adjacent to an activating group) is 1. The Bertz CT molecular complexity index is 703. The van der Waals surface area contributed by atoms with Gasteiger partial charge in [0.1, 0.15) is 5.54 Å². The molecule has 0 unspecified atom stereocenters. The Kier molecular flexibility index (Phi) is 7.26. The number of hydrogen-bond acceptors (Lipinski definition) is 4. The van der Waals surface area contributed by atoms with Crippen LogP contribution >= 0.6 is 11.6 Å². The van der Waals surface area contributed by atoms with Gasteiger partial charge in [0.05, 0.1) is 12.0 Å². The van der Waals surface area contributed by atoms with Gasteiger partial charge in [-0.25, -0.2) is 0 Å². The zero-order chi connectivity index (χ0) is 20.0. The smallest absolute Gasteiger partial charge is 0.314 e. The predicted octanol–water partition coefficient (Wildman–Crippen LogP) is 4.31. The fourth-order valence-corrected chi connectivity index (χ4v) is 3.81. The summed E-state index contributed by atoms with van der Waals surface area (Å²) < 4.78 is 5.34. The Labute approximate surface area is 166 Å². The molecule has 0 aliphatic heterocycles. The first-order valence-corrected chi connectivity index (χ1v) is 9.78. The Balaban J connectivity index is 2.03. The predicted molar refractivity (Wildman–Crippen MR) is 104 cm³/mol. The van der Waals surface area contributed by atoms with Crippen LogP contribution in [0.2, 0.25) is 5.02 Å². The fraction of sp³-hybridized carbons (Fsp3) is 0.571. The number of carbonyl (C=O) groups excluding carboxylic acids is 2. The zero-order valence-electron chi connectivity index (χ0n) is 16.2. The number of hydrogen-bond donors (Lipinski definition) is 0. The van der Waals surface area contributed by atoms with Crippen LogP contribution in [0.3, 0.4) is 0 Å². The van der Waals surface area contributed by atoms with Crippen molar-refractivity contribution in [1.82, 2.24) is 4.90 Å². The van der Waals surface area contributed by atoms with Gasteiger partial charge in [-0.3, -0.25) is 9.59 Å². The van der Waals surface area contributed by atoms with Crippen molar-refractivity contribution in [3.05, 3.63) is 34.9 Å². The van der Waals surface area contributed by atoms with Crippen LogP contribution in [-0.2, 0) is 14.3 Å². The molecule has 0 bridgehead atoms. The van der Waals surface area contributed by atoms with Gasteiger partial charge in [0.25, 0.3) is 5.91 Å². The van der Waals surface area contributed by atoms with Crippen LogP contribution in [0.5, 0.6) is 0 Å². The molecule has 0 aromatic heterocycles. The van der Waals surface area contributed by atoms with E-state index in [1.807, 2.05) is 13.8 Å². The maximum absolute atomic E-state index is 12.6. The Morgan fingerprint density at radius 2 is 1.81 bits per heavy atom. The standard InChI is InChI=1S/C21H27ClN2O3/c1-15(2)19(16-7-9-17(22)10-8-16)20(26)27-13-18(25)24(3)21(14-23)11-5-4-6-12-21/h7-10,15,19H,4-6,11-13H2,1-3H3/t19-/m0/s1. The number of nitrogens with zero attached hydrogens (tertiary/aromatic N) is 2. The van der Waals surface area contributed by atoms with Gasteiger partial charge in [-0.1, -0.05) is 56.8 Å². The van der Waals surface area contributed by atoms with Crippen molar-refractivity contribution in [1.29, 1.82) is 5.26 Å². The van der Waals surface area contributed by atoms with Crippen LogP contribution in [-0.4, -0.2) is 36.0 Å². The number of benzene rings is 1. The van der Waals surface area contributed by atoms with E-state index >= 15 is 0 Å². The van der Waals surface area contributed by atoms with E-state index in [-0.39, 0.29) is 18.4 Å². The van der Waals surface area contributed by atoms with E-state index in [4.69, 9.17) is 16.3 Å². The van der Waals surface area contributed by atoms with E-state index in [9.17, 15) is 14.9 Å². The molecule has 1 fully saturated rings. The molecule has 1 atom stereocenters. The summed E-state index contributed by atoms with van der Waals surface area (Å²) in [6, 6.07) is 9.38. The second-order valence-electron chi connectivity index (χ2n) is 7.54. The summed E-state index contributed by atoms with van der Waals surface area (Å²) in [6.07, 6.45) is 4.27. The number of halogens is 1. The maximum Gasteiger partial charge on any atom is 0.314 e. The molecule has 0 N–H and O–H groups in total. The number of carbonyl (C=O) groups is 2. The number of nitriles is 1. The van der Waals surface area contributed by atoms with Crippen LogP contribution in [0.25, 0.3) is 0 Å². The van der Waals surface area contributed by atoms with Gasteiger partial charge in [0, 0.05) is 12.1 Å². The van der Waals surface area contributed by atoms with E-state index < -0.39 is 17.4 Å². The fourth-order valence-electron chi connectivity index (χ4n) is 3.68. The van der Waals surface area contributed by atoms with Crippen molar-refractivity contribution in [2.45, 2.75) is 57.4 Å². The highest BCUT2D eigenvalue weighted by Crippen LogP contribution is 2.32. The summed E-state index contributed by atoms with van der Waals surface area (Å²) in [5.41, 5.74) is 0.0241. The van der Waals surface area contributed by atoms with Crippen molar-refractivity contribution < 1.29 is 14.3 Å². The summed E-state index contributed by atoms with van der Waals surface area (Å²) in [5, 5.41) is 10.2. The van der Waals surface area contributed by atoms with Gasteiger partial charge in [-0.2, -0.15) is 5.26 Å². The summed E-state index contributed by atoms with van der Waals surface area (Å²) in [6.45, 7) is 3.51. The molecule has 6 heteroatoms.